The fourth-order valence-electron chi connectivity index (χ4n) is 1.73. The average Bonchev–Trinajstić information content (AvgIpc) is 2.43. The maximum absolute atomic E-state index is 11.6. The van der Waals surface area contributed by atoms with Gasteiger partial charge in [0.15, 0.2) is 0 Å². The molecule has 0 amide bonds. The quantitative estimate of drug-likeness (QED) is 0.427. The van der Waals surface area contributed by atoms with Gasteiger partial charge >= 0.3 is 11.9 Å². The Balaban J connectivity index is 2.15. The van der Waals surface area contributed by atoms with Crippen LogP contribution < -0.4 is 9.47 Å². The fraction of sp³-hybridized carbons (Fsp3) is 0.467. The minimum absolute atomic E-state index is 0.191. The Hall–Kier alpha value is -2.04. The second-order valence-electron chi connectivity index (χ2n) is 4.46. The maximum Gasteiger partial charge on any atom is 0.311 e. The summed E-state index contributed by atoms with van der Waals surface area (Å²) in [7, 11) is 1.57. The molecule has 0 aromatic heterocycles. The first-order chi connectivity index (χ1) is 9.61. The summed E-state index contributed by atoms with van der Waals surface area (Å²) in [6.45, 7) is 0. The number of unbranched alkanes of at least 4 members (excludes halogenated alkanes) is 3. The Labute approximate surface area is 118 Å². The molecule has 20 heavy (non-hydrogen) atoms. The number of benzene rings is 1. The van der Waals surface area contributed by atoms with Gasteiger partial charge in [-0.15, -0.1) is 0 Å². The second kappa shape index (κ2) is 8.96. The van der Waals surface area contributed by atoms with E-state index in [1.54, 1.807) is 31.4 Å². The number of carbonyl (C=O) groups is 2. The van der Waals surface area contributed by atoms with Crippen LogP contribution >= 0.6 is 0 Å². The Morgan fingerprint density at radius 1 is 0.950 bits per heavy atom. The summed E-state index contributed by atoms with van der Waals surface area (Å²) in [5, 5.41) is 8.48. The van der Waals surface area contributed by atoms with E-state index >= 15 is 0 Å². The molecule has 0 saturated carbocycles. The number of esters is 1. The van der Waals surface area contributed by atoms with Crippen molar-refractivity contribution in [2.45, 2.75) is 38.5 Å². The summed E-state index contributed by atoms with van der Waals surface area (Å²) >= 11 is 0. The van der Waals surface area contributed by atoms with E-state index in [1.165, 1.54) is 0 Å². The number of hydrogen-bond donors (Lipinski definition) is 1. The van der Waals surface area contributed by atoms with Crippen LogP contribution in [0, 0.1) is 0 Å². The van der Waals surface area contributed by atoms with E-state index in [1.807, 2.05) is 0 Å². The highest BCUT2D eigenvalue weighted by atomic mass is 16.5. The number of rotatable bonds is 9. The smallest absolute Gasteiger partial charge is 0.311 e. The van der Waals surface area contributed by atoms with E-state index in [9.17, 15) is 9.59 Å². The lowest BCUT2D eigenvalue weighted by Gasteiger charge is -2.05. The molecule has 1 aromatic carbocycles. The number of carbonyl (C=O) groups excluding carboxylic acids is 1. The number of hydrogen-bond acceptors (Lipinski definition) is 4. The number of ether oxygens (including phenoxy) is 2. The van der Waals surface area contributed by atoms with Crippen LogP contribution in [0.2, 0.25) is 0 Å². The molecule has 0 atom stereocenters. The molecule has 0 saturated heterocycles. The highest BCUT2D eigenvalue weighted by molar-refractivity contribution is 5.72. The van der Waals surface area contributed by atoms with Crippen LogP contribution in [0.25, 0.3) is 0 Å². The first-order valence-electron chi connectivity index (χ1n) is 6.68. The van der Waals surface area contributed by atoms with Gasteiger partial charge in [0.1, 0.15) is 11.5 Å². The number of aliphatic carboxylic acids is 1. The molecule has 0 aliphatic carbocycles. The van der Waals surface area contributed by atoms with Gasteiger partial charge in [-0.2, -0.15) is 0 Å². The normalized spacial score (nSPS) is 10.1. The summed E-state index contributed by atoms with van der Waals surface area (Å²) in [4.78, 5) is 21.9. The molecule has 0 bridgehead atoms. The zero-order chi connectivity index (χ0) is 14.8. The fourth-order valence-corrected chi connectivity index (χ4v) is 1.73. The van der Waals surface area contributed by atoms with Crippen molar-refractivity contribution in [1.29, 1.82) is 0 Å². The summed E-state index contributed by atoms with van der Waals surface area (Å²) < 4.78 is 10.2. The van der Waals surface area contributed by atoms with Gasteiger partial charge < -0.3 is 14.6 Å². The van der Waals surface area contributed by atoms with E-state index in [4.69, 9.17) is 14.6 Å². The predicted octanol–water partition coefficient (Wildman–Crippen LogP) is 3.03. The summed E-state index contributed by atoms with van der Waals surface area (Å²) in [5.74, 6) is 0.169. The van der Waals surface area contributed by atoms with Crippen LogP contribution in [-0.2, 0) is 9.59 Å². The van der Waals surface area contributed by atoms with Gasteiger partial charge in [-0.3, -0.25) is 9.59 Å². The van der Waals surface area contributed by atoms with Crippen LogP contribution in [0.3, 0.4) is 0 Å². The van der Waals surface area contributed by atoms with E-state index in [0.29, 0.717) is 30.8 Å². The van der Waals surface area contributed by atoms with Gasteiger partial charge in [-0.05, 0) is 37.1 Å². The van der Waals surface area contributed by atoms with Crippen molar-refractivity contribution in [3.05, 3.63) is 24.3 Å². The Kier molecular flexibility index (Phi) is 7.17. The first-order valence-corrected chi connectivity index (χ1v) is 6.68. The SMILES string of the molecule is COc1ccc(OC(=O)CCCCCCC(=O)O)cc1. The molecule has 0 spiro atoms. The Morgan fingerprint density at radius 2 is 1.50 bits per heavy atom. The van der Waals surface area contributed by atoms with E-state index < -0.39 is 5.97 Å². The summed E-state index contributed by atoms with van der Waals surface area (Å²) in [6, 6.07) is 6.83. The summed E-state index contributed by atoms with van der Waals surface area (Å²) in [6.07, 6.45) is 3.57. The zero-order valence-electron chi connectivity index (χ0n) is 11.6. The largest absolute Gasteiger partial charge is 0.497 e. The molecule has 0 aliphatic heterocycles. The third-order valence-electron chi connectivity index (χ3n) is 2.81. The number of methoxy groups -OCH3 is 1. The van der Waals surface area contributed by atoms with Crippen LogP contribution in [0.4, 0.5) is 0 Å². The van der Waals surface area contributed by atoms with Crippen molar-refractivity contribution in [3.8, 4) is 11.5 Å². The standard InChI is InChI=1S/C15H20O5/c1-19-12-8-10-13(11-9-12)20-15(18)7-5-3-2-4-6-14(16)17/h8-11H,2-7H2,1H3,(H,16,17). The van der Waals surface area contributed by atoms with E-state index in [0.717, 1.165) is 12.8 Å². The van der Waals surface area contributed by atoms with Crippen LogP contribution in [0.1, 0.15) is 38.5 Å². The van der Waals surface area contributed by atoms with Crippen molar-refractivity contribution in [1.82, 2.24) is 0 Å². The van der Waals surface area contributed by atoms with Crippen LogP contribution in [0.15, 0.2) is 24.3 Å². The van der Waals surface area contributed by atoms with Crippen molar-refractivity contribution in [2.24, 2.45) is 0 Å². The maximum atomic E-state index is 11.6. The van der Waals surface area contributed by atoms with Gasteiger partial charge in [0, 0.05) is 12.8 Å². The molecule has 110 valence electrons. The molecule has 0 unspecified atom stereocenters. The third kappa shape index (κ3) is 6.78. The molecule has 5 heteroatoms. The zero-order valence-corrected chi connectivity index (χ0v) is 11.6. The van der Waals surface area contributed by atoms with Gasteiger partial charge in [0.05, 0.1) is 7.11 Å². The Morgan fingerprint density at radius 3 is 2.05 bits per heavy atom. The lowest BCUT2D eigenvalue weighted by atomic mass is 10.1. The monoisotopic (exact) mass is 280 g/mol. The molecule has 0 aliphatic rings. The minimum Gasteiger partial charge on any atom is -0.497 e. The third-order valence-corrected chi connectivity index (χ3v) is 2.81. The first kappa shape index (κ1) is 16.0. The van der Waals surface area contributed by atoms with Gasteiger partial charge in [-0.25, -0.2) is 0 Å². The molecule has 5 nitrogen and oxygen atoms in total. The van der Waals surface area contributed by atoms with Crippen molar-refractivity contribution >= 4 is 11.9 Å². The highest BCUT2D eigenvalue weighted by Crippen LogP contribution is 2.17. The molecule has 0 radical (unpaired) electrons. The molecular weight excluding hydrogens is 260 g/mol. The molecule has 0 fully saturated rings. The van der Waals surface area contributed by atoms with E-state index in [-0.39, 0.29) is 12.4 Å². The van der Waals surface area contributed by atoms with Gasteiger partial charge in [0.2, 0.25) is 0 Å². The van der Waals surface area contributed by atoms with Crippen molar-refractivity contribution < 1.29 is 24.2 Å². The minimum atomic E-state index is -0.774. The highest BCUT2D eigenvalue weighted by Gasteiger charge is 2.05. The molecule has 1 aromatic rings. The lowest BCUT2D eigenvalue weighted by Crippen LogP contribution is -2.07. The van der Waals surface area contributed by atoms with Crippen molar-refractivity contribution in [2.75, 3.05) is 7.11 Å². The van der Waals surface area contributed by atoms with Crippen LogP contribution in [0.5, 0.6) is 11.5 Å². The van der Waals surface area contributed by atoms with Gasteiger partial charge in [0.25, 0.3) is 0 Å². The summed E-state index contributed by atoms with van der Waals surface area (Å²) in [5.41, 5.74) is 0. The van der Waals surface area contributed by atoms with E-state index in [2.05, 4.69) is 0 Å². The predicted molar refractivity (Wildman–Crippen MR) is 74.0 cm³/mol. The van der Waals surface area contributed by atoms with Crippen molar-refractivity contribution in [3.63, 3.8) is 0 Å². The second-order valence-corrected chi connectivity index (χ2v) is 4.46. The van der Waals surface area contributed by atoms with Gasteiger partial charge in [-0.1, -0.05) is 12.8 Å². The number of carboxylic acids is 1. The molecule has 1 N–H and O–H groups in total. The topological polar surface area (TPSA) is 72.8 Å². The molecule has 1 rings (SSSR count). The molecule has 0 heterocycles. The van der Waals surface area contributed by atoms with Crippen LogP contribution in [-0.4, -0.2) is 24.2 Å². The average molecular weight is 280 g/mol. The Bertz CT molecular complexity index is 424. The molecular formula is C15H20O5. The number of carboxylic acid groups (broad SMARTS) is 1. The lowest BCUT2D eigenvalue weighted by molar-refractivity contribution is -0.137.